The molecule has 1 N–H and O–H groups in total. The second kappa shape index (κ2) is 10.6. The molecule has 5 rings (SSSR count). The molecule has 8 nitrogen and oxygen atoms in total. The number of carbonyl (C=O) groups is 2. The van der Waals surface area contributed by atoms with Crippen molar-refractivity contribution in [3.05, 3.63) is 67.8 Å². The number of fused-ring (bicyclic) bond motifs is 1. The third-order valence-electron chi connectivity index (χ3n) is 6.48. The Balaban J connectivity index is 1.31. The minimum Gasteiger partial charge on any atom is -0.497 e. The van der Waals surface area contributed by atoms with Gasteiger partial charge in [-0.05, 0) is 30.3 Å². The van der Waals surface area contributed by atoms with E-state index in [2.05, 4.69) is 10.2 Å². The summed E-state index contributed by atoms with van der Waals surface area (Å²) in [6, 6.07) is 12.5. The summed E-state index contributed by atoms with van der Waals surface area (Å²) in [4.78, 5) is 33.5. The van der Waals surface area contributed by atoms with Gasteiger partial charge in [0, 0.05) is 55.1 Å². The fourth-order valence-electron chi connectivity index (χ4n) is 4.56. The monoisotopic (exact) mass is 558 g/mol. The van der Waals surface area contributed by atoms with Gasteiger partial charge in [0.25, 0.3) is 5.91 Å². The highest BCUT2D eigenvalue weighted by Gasteiger charge is 2.28. The molecular formula is C26H24Cl2N4O4S. The quantitative estimate of drug-likeness (QED) is 0.430. The Morgan fingerprint density at radius 2 is 1.81 bits per heavy atom. The Bertz CT molecular complexity index is 1370. The largest absolute Gasteiger partial charge is 0.497 e. The van der Waals surface area contributed by atoms with Crippen molar-refractivity contribution < 1.29 is 19.1 Å². The lowest BCUT2D eigenvalue weighted by molar-refractivity contribution is -0.109. The van der Waals surface area contributed by atoms with Crippen LogP contribution < -0.4 is 19.7 Å². The normalized spacial score (nSPS) is 17.0. The second-order valence-corrected chi connectivity index (χ2v) is 10.8. The standard InChI is InChI=1S/C26H24Cl2N4O4S/c1-35-17-11-19-23(21(12-17)36-2)20(14-33)30-25(29-19)15-3-5-16(6-4-15)31-7-9-32(10-8-31)26(34)18-13-22(27)37-24(18)28/h3-6,11-14,20H,7-10H2,1-2H3,(H,29,30). The van der Waals surface area contributed by atoms with E-state index in [0.717, 1.165) is 17.5 Å². The molecule has 37 heavy (non-hydrogen) atoms. The summed E-state index contributed by atoms with van der Waals surface area (Å²) in [6.07, 6.45) is 0.842. The molecule has 0 spiro atoms. The van der Waals surface area contributed by atoms with Crippen molar-refractivity contribution in [1.82, 2.24) is 10.2 Å². The maximum absolute atomic E-state index is 12.8. The Labute approximate surface area is 228 Å². The van der Waals surface area contributed by atoms with E-state index in [-0.39, 0.29) is 5.91 Å². The number of thiophene rings is 1. The summed E-state index contributed by atoms with van der Waals surface area (Å²) in [5, 5.41) is 3.21. The number of hydrogen-bond acceptors (Lipinski definition) is 8. The number of benzene rings is 2. The number of halogens is 2. The number of amidine groups is 1. The molecule has 0 aliphatic carbocycles. The smallest absolute Gasteiger partial charge is 0.256 e. The van der Waals surface area contributed by atoms with E-state index in [1.165, 1.54) is 11.3 Å². The van der Waals surface area contributed by atoms with Crippen molar-refractivity contribution in [2.75, 3.05) is 45.3 Å². The zero-order valence-corrected chi connectivity index (χ0v) is 22.5. The summed E-state index contributed by atoms with van der Waals surface area (Å²) >= 11 is 13.4. The van der Waals surface area contributed by atoms with Gasteiger partial charge in [0.2, 0.25) is 0 Å². The number of methoxy groups -OCH3 is 2. The molecule has 11 heteroatoms. The highest BCUT2D eigenvalue weighted by Crippen LogP contribution is 2.40. The molecular weight excluding hydrogens is 535 g/mol. The second-order valence-electron chi connectivity index (χ2n) is 8.54. The molecule has 0 saturated carbocycles. The van der Waals surface area contributed by atoms with Gasteiger partial charge in [0.1, 0.15) is 34.0 Å². The van der Waals surface area contributed by atoms with Crippen LogP contribution in [0.1, 0.15) is 27.5 Å². The van der Waals surface area contributed by atoms with Crippen molar-refractivity contribution in [2.24, 2.45) is 4.99 Å². The molecule has 2 aliphatic rings. The van der Waals surface area contributed by atoms with Crippen molar-refractivity contribution in [1.29, 1.82) is 0 Å². The number of anilines is 1. The lowest BCUT2D eigenvalue weighted by Gasteiger charge is -2.36. The summed E-state index contributed by atoms with van der Waals surface area (Å²) in [7, 11) is 3.13. The third-order valence-corrected chi connectivity index (χ3v) is 7.97. The lowest BCUT2D eigenvalue weighted by Crippen LogP contribution is -2.48. The van der Waals surface area contributed by atoms with Crippen LogP contribution in [0.4, 0.5) is 11.4 Å². The van der Waals surface area contributed by atoms with Crippen LogP contribution in [0.5, 0.6) is 11.5 Å². The molecule has 2 aliphatic heterocycles. The van der Waals surface area contributed by atoms with E-state index in [1.807, 2.05) is 24.3 Å². The predicted octanol–water partition coefficient (Wildman–Crippen LogP) is 4.96. The zero-order valence-electron chi connectivity index (χ0n) is 20.2. The van der Waals surface area contributed by atoms with E-state index in [1.54, 1.807) is 37.3 Å². The first kappa shape index (κ1) is 25.4. The molecule has 1 fully saturated rings. The topological polar surface area (TPSA) is 83.5 Å². The summed E-state index contributed by atoms with van der Waals surface area (Å²) in [6.45, 7) is 2.56. The number of rotatable bonds is 6. The average molecular weight is 559 g/mol. The van der Waals surface area contributed by atoms with Crippen LogP contribution >= 0.6 is 34.5 Å². The number of ether oxygens (including phenoxy) is 2. The molecule has 1 amide bonds. The van der Waals surface area contributed by atoms with Gasteiger partial charge >= 0.3 is 0 Å². The van der Waals surface area contributed by atoms with Crippen molar-refractivity contribution in [3.8, 4) is 11.5 Å². The van der Waals surface area contributed by atoms with E-state index in [4.69, 9.17) is 37.7 Å². The molecule has 3 aromatic rings. The van der Waals surface area contributed by atoms with Gasteiger partial charge in [-0.1, -0.05) is 23.2 Å². The number of aldehydes is 1. The number of nitrogens with one attached hydrogen (secondary N) is 1. The molecule has 1 unspecified atom stereocenters. The van der Waals surface area contributed by atoms with E-state index in [9.17, 15) is 9.59 Å². The van der Waals surface area contributed by atoms with Gasteiger partial charge in [-0.25, -0.2) is 4.99 Å². The molecule has 192 valence electrons. The molecule has 0 radical (unpaired) electrons. The van der Waals surface area contributed by atoms with Gasteiger partial charge < -0.3 is 29.4 Å². The fourth-order valence-corrected chi connectivity index (χ4v) is 6.00. The van der Waals surface area contributed by atoms with Crippen LogP contribution in [-0.2, 0) is 4.79 Å². The number of amides is 1. The van der Waals surface area contributed by atoms with E-state index >= 15 is 0 Å². The van der Waals surface area contributed by atoms with Crippen LogP contribution in [0.25, 0.3) is 0 Å². The highest BCUT2D eigenvalue weighted by atomic mass is 35.5. The van der Waals surface area contributed by atoms with Crippen LogP contribution in [0.2, 0.25) is 8.67 Å². The summed E-state index contributed by atoms with van der Waals surface area (Å²) in [5.41, 5.74) is 3.65. The van der Waals surface area contributed by atoms with Gasteiger partial charge in [-0.2, -0.15) is 0 Å². The van der Waals surface area contributed by atoms with Gasteiger partial charge in [-0.3, -0.25) is 4.79 Å². The van der Waals surface area contributed by atoms with E-state index in [0.29, 0.717) is 69.0 Å². The first-order valence-corrected chi connectivity index (χ1v) is 13.1. The molecule has 2 aromatic carbocycles. The fraction of sp³-hybridized carbons (Fsp3) is 0.269. The maximum Gasteiger partial charge on any atom is 0.256 e. The van der Waals surface area contributed by atoms with Crippen LogP contribution in [-0.4, -0.2) is 63.3 Å². The minimum absolute atomic E-state index is 0.0946. The number of aliphatic imine (C=N–C) groups is 1. The molecule has 1 atom stereocenters. The first-order chi connectivity index (χ1) is 17.9. The van der Waals surface area contributed by atoms with Gasteiger partial charge in [0.05, 0.1) is 29.8 Å². The van der Waals surface area contributed by atoms with Crippen molar-refractivity contribution in [3.63, 3.8) is 0 Å². The Morgan fingerprint density at radius 1 is 1.08 bits per heavy atom. The first-order valence-electron chi connectivity index (χ1n) is 11.6. The zero-order chi connectivity index (χ0) is 26.1. The van der Waals surface area contributed by atoms with Crippen molar-refractivity contribution in [2.45, 2.75) is 6.04 Å². The molecule has 0 bridgehead atoms. The molecule has 1 saturated heterocycles. The van der Waals surface area contributed by atoms with Crippen molar-refractivity contribution >= 4 is 63.9 Å². The summed E-state index contributed by atoms with van der Waals surface area (Å²) < 4.78 is 11.8. The SMILES string of the molecule is COc1cc2c(c(OC)c1)C(C=O)NC(c1ccc(N3CCN(C(=O)c4cc(Cl)sc4Cl)CC3)cc1)=N2. The van der Waals surface area contributed by atoms with Crippen LogP contribution in [0.15, 0.2) is 47.5 Å². The number of hydrogen-bond donors (Lipinski definition) is 1. The Morgan fingerprint density at radius 3 is 2.41 bits per heavy atom. The number of nitrogens with zero attached hydrogens (tertiary/aromatic N) is 3. The van der Waals surface area contributed by atoms with Gasteiger partial charge in [-0.15, -0.1) is 11.3 Å². The molecule has 3 heterocycles. The third kappa shape index (κ3) is 4.99. The van der Waals surface area contributed by atoms with Crippen LogP contribution in [0, 0.1) is 0 Å². The summed E-state index contributed by atoms with van der Waals surface area (Å²) in [5.74, 6) is 1.64. The predicted molar refractivity (Wildman–Crippen MR) is 147 cm³/mol. The van der Waals surface area contributed by atoms with Crippen LogP contribution in [0.3, 0.4) is 0 Å². The Hall–Kier alpha value is -3.27. The number of piperazine rings is 1. The highest BCUT2D eigenvalue weighted by molar-refractivity contribution is 7.20. The minimum atomic E-state index is -0.597. The van der Waals surface area contributed by atoms with Gasteiger partial charge in [0.15, 0.2) is 0 Å². The maximum atomic E-state index is 12.8. The number of carbonyl (C=O) groups excluding carboxylic acids is 2. The lowest BCUT2D eigenvalue weighted by atomic mass is 10.0. The molecule has 1 aromatic heterocycles. The van der Waals surface area contributed by atoms with E-state index < -0.39 is 6.04 Å². The Kier molecular flexibility index (Phi) is 7.28. The average Bonchev–Trinajstić information content (AvgIpc) is 3.28.